The van der Waals surface area contributed by atoms with Crippen molar-refractivity contribution in [3.8, 4) is 0 Å². The zero-order valence-electron chi connectivity index (χ0n) is 17.6. The van der Waals surface area contributed by atoms with Crippen LogP contribution in [0.25, 0.3) is 0 Å². The van der Waals surface area contributed by atoms with E-state index in [0.717, 1.165) is 0 Å². The summed E-state index contributed by atoms with van der Waals surface area (Å²) >= 11 is 0. The first kappa shape index (κ1) is 21.7. The summed E-state index contributed by atoms with van der Waals surface area (Å²) in [6.07, 6.45) is 0. The lowest BCUT2D eigenvalue weighted by Crippen LogP contribution is -2.68. The van der Waals surface area contributed by atoms with Crippen LogP contribution >= 0.6 is 0 Å². The van der Waals surface area contributed by atoms with Gasteiger partial charge in [0, 0.05) is 23.7 Å². The van der Waals surface area contributed by atoms with Gasteiger partial charge in [0.2, 0.25) is 0 Å². The van der Waals surface area contributed by atoms with E-state index in [1.165, 1.54) is 0 Å². The second-order valence-electron chi connectivity index (χ2n) is 11.5. The van der Waals surface area contributed by atoms with Gasteiger partial charge in [0.15, 0.2) is 0 Å². The summed E-state index contributed by atoms with van der Waals surface area (Å²) in [6.45, 7) is 35.8. The van der Waals surface area contributed by atoms with Crippen molar-refractivity contribution < 1.29 is 0 Å². The van der Waals surface area contributed by atoms with Crippen LogP contribution in [-0.4, -0.2) is 23.7 Å². The molecule has 3 heteroatoms. The van der Waals surface area contributed by atoms with Gasteiger partial charge in [0.25, 0.3) is 0 Å². The molecule has 0 nitrogen and oxygen atoms in total. The first-order chi connectivity index (χ1) is 8.71. The van der Waals surface area contributed by atoms with Crippen LogP contribution in [0, 0.1) is 0 Å². The van der Waals surface area contributed by atoms with Crippen molar-refractivity contribution in [2.24, 2.45) is 0 Å². The average Bonchev–Trinajstić information content (AvgIpc) is 2.09. The fourth-order valence-electron chi connectivity index (χ4n) is 3.69. The fraction of sp³-hybridized carbons (Fsp3) is 1.00. The Kier molecular flexibility index (Phi) is 5.80. The first-order valence-electron chi connectivity index (χ1n) is 8.58. The van der Waals surface area contributed by atoms with E-state index in [-0.39, 0.29) is 0 Å². The second kappa shape index (κ2) is 5.63. The molecular formula is C18H43Si3. The third-order valence-corrected chi connectivity index (χ3v) is 44.7. The third kappa shape index (κ3) is 3.95. The normalized spacial score (nSPS) is 16.3. The summed E-state index contributed by atoms with van der Waals surface area (Å²) in [4.78, 5) is 0. The SMILES string of the molecule is CC(C)(C)[Si](C)([SiH][Si](C)(C(C)(C)C)C(C)(C)C)C(C)(C)C. The summed E-state index contributed by atoms with van der Waals surface area (Å²) in [5, 5.41) is 1.97. The molecule has 0 atom stereocenters. The minimum atomic E-state index is -1.36. The van der Waals surface area contributed by atoms with Crippen molar-refractivity contribution in [1.82, 2.24) is 0 Å². The second-order valence-corrected chi connectivity index (χ2v) is 33.0. The molecule has 127 valence electrons. The summed E-state index contributed by atoms with van der Waals surface area (Å²) in [7, 11) is -2.17. The largest absolute Gasteiger partial charge is 0.0710 e. The molecule has 0 aromatic heterocycles. The molecule has 0 unspecified atom stereocenters. The molecule has 1 radical (unpaired) electrons. The van der Waals surface area contributed by atoms with E-state index in [0.29, 0.717) is 28.7 Å². The molecule has 0 fully saturated rings. The quantitative estimate of drug-likeness (QED) is 0.485. The molecule has 0 aliphatic heterocycles. The van der Waals surface area contributed by atoms with Crippen LogP contribution in [0.3, 0.4) is 0 Å². The average molecular weight is 344 g/mol. The van der Waals surface area contributed by atoms with Gasteiger partial charge in [-0.3, -0.25) is 0 Å². The van der Waals surface area contributed by atoms with Gasteiger partial charge < -0.3 is 0 Å². The molecule has 0 saturated carbocycles. The van der Waals surface area contributed by atoms with Crippen molar-refractivity contribution in [3.63, 3.8) is 0 Å². The van der Waals surface area contributed by atoms with Gasteiger partial charge in [-0.15, -0.1) is 0 Å². The van der Waals surface area contributed by atoms with Crippen LogP contribution in [0.1, 0.15) is 83.1 Å². The smallest absolute Gasteiger partial charge is 0.0459 e. The van der Waals surface area contributed by atoms with Gasteiger partial charge in [-0.1, -0.05) is 96.2 Å². The molecule has 0 spiro atoms. The summed E-state index contributed by atoms with van der Waals surface area (Å²) in [5.74, 6) is 0. The lowest BCUT2D eigenvalue weighted by atomic mass is 10.2. The Morgan fingerprint density at radius 2 is 0.571 bits per heavy atom. The van der Waals surface area contributed by atoms with Crippen molar-refractivity contribution in [2.45, 2.75) is 116 Å². The van der Waals surface area contributed by atoms with E-state index < -0.39 is 15.2 Å². The third-order valence-electron chi connectivity index (χ3n) is 6.81. The zero-order valence-corrected chi connectivity index (χ0v) is 20.7. The van der Waals surface area contributed by atoms with Gasteiger partial charge in [-0.05, 0) is 20.2 Å². The lowest BCUT2D eigenvalue weighted by molar-refractivity contribution is 0.627. The number of rotatable bonds is 2. The Bertz CT molecular complexity index is 292. The molecule has 0 N–H and O–H groups in total. The molecule has 0 aromatic rings. The van der Waals surface area contributed by atoms with E-state index in [2.05, 4.69) is 96.2 Å². The fourth-order valence-corrected chi connectivity index (χ4v) is 45.7. The molecule has 0 amide bonds. The Morgan fingerprint density at radius 3 is 0.667 bits per heavy atom. The highest BCUT2D eigenvalue weighted by molar-refractivity contribution is 7.55. The van der Waals surface area contributed by atoms with E-state index in [4.69, 9.17) is 0 Å². The maximum Gasteiger partial charge on any atom is 0.0459 e. The predicted molar refractivity (Wildman–Crippen MR) is 109 cm³/mol. The Morgan fingerprint density at radius 1 is 0.429 bits per heavy atom. The van der Waals surface area contributed by atoms with Gasteiger partial charge in [0.05, 0.1) is 0 Å². The van der Waals surface area contributed by atoms with Gasteiger partial charge >= 0.3 is 0 Å². The monoisotopic (exact) mass is 343 g/mol. The highest BCUT2D eigenvalue weighted by Crippen LogP contribution is 2.57. The van der Waals surface area contributed by atoms with Gasteiger partial charge in [0.1, 0.15) is 0 Å². The zero-order chi connectivity index (χ0) is 17.7. The molecule has 21 heavy (non-hydrogen) atoms. The Labute approximate surface area is 140 Å². The first-order valence-corrected chi connectivity index (χ1v) is 17.2. The Hall–Kier alpha value is 0.651. The predicted octanol–water partition coefficient (Wildman–Crippen LogP) is 6.77. The maximum absolute atomic E-state index is 2.73. The van der Waals surface area contributed by atoms with Crippen molar-refractivity contribution >= 4 is 23.7 Å². The molecular weight excluding hydrogens is 300 g/mol. The molecule has 0 saturated heterocycles. The van der Waals surface area contributed by atoms with Crippen molar-refractivity contribution in [2.75, 3.05) is 0 Å². The number of hydrogen-bond donors (Lipinski definition) is 0. The van der Waals surface area contributed by atoms with Crippen LogP contribution < -0.4 is 0 Å². The lowest BCUT2D eigenvalue weighted by Gasteiger charge is -2.59. The summed E-state index contributed by atoms with van der Waals surface area (Å²) in [5.41, 5.74) is 0. The van der Waals surface area contributed by atoms with Gasteiger partial charge in [-0.25, -0.2) is 0 Å². The van der Waals surface area contributed by atoms with E-state index in [9.17, 15) is 0 Å². The molecule has 0 aliphatic rings. The van der Waals surface area contributed by atoms with Crippen LogP contribution in [0.2, 0.25) is 33.2 Å². The molecule has 0 aliphatic carbocycles. The topological polar surface area (TPSA) is 0 Å². The van der Waals surface area contributed by atoms with E-state index in [1.807, 2.05) is 0 Å². The minimum Gasteiger partial charge on any atom is -0.0710 e. The molecule has 0 heterocycles. The minimum absolute atomic E-state index is 0.491. The van der Waals surface area contributed by atoms with Crippen LogP contribution in [-0.2, 0) is 0 Å². The summed E-state index contributed by atoms with van der Waals surface area (Å²) < 4.78 is 0. The molecule has 0 rings (SSSR count). The van der Waals surface area contributed by atoms with Gasteiger partial charge in [-0.2, -0.15) is 0 Å². The van der Waals surface area contributed by atoms with Crippen LogP contribution in [0.15, 0.2) is 0 Å². The molecule has 0 bridgehead atoms. The highest BCUT2D eigenvalue weighted by Gasteiger charge is 2.58. The van der Waals surface area contributed by atoms with E-state index in [1.54, 1.807) is 0 Å². The highest BCUT2D eigenvalue weighted by atomic mass is 29.6. The Balaban J connectivity index is 6.15. The standard InChI is InChI=1S/C18H43Si3/c1-15(2,3)20(13,16(4,5)6)19-21(14,17(7,8)9)18(10,11)12/h19H,1-14H3. The van der Waals surface area contributed by atoms with Crippen molar-refractivity contribution in [3.05, 3.63) is 0 Å². The molecule has 0 aromatic carbocycles. The van der Waals surface area contributed by atoms with E-state index >= 15 is 0 Å². The van der Waals surface area contributed by atoms with Crippen LogP contribution in [0.5, 0.6) is 0 Å². The van der Waals surface area contributed by atoms with Crippen molar-refractivity contribution in [1.29, 1.82) is 0 Å². The summed E-state index contributed by atoms with van der Waals surface area (Å²) in [6, 6.07) is 0. The van der Waals surface area contributed by atoms with Crippen LogP contribution in [0.4, 0.5) is 0 Å². The maximum atomic E-state index is 2.73. The number of hydrogen-bond acceptors (Lipinski definition) is 0.